The Labute approximate surface area is 317 Å². The second-order valence-corrected chi connectivity index (χ2v) is 15.3. The minimum Gasteiger partial charge on any atom is -0.493 e. The lowest BCUT2D eigenvalue weighted by atomic mass is 10.1. The van der Waals surface area contributed by atoms with Gasteiger partial charge in [0.2, 0.25) is 6.41 Å². The van der Waals surface area contributed by atoms with Crippen LogP contribution in [0, 0.1) is 6.92 Å². The zero-order valence-electron chi connectivity index (χ0n) is 31.3. The Morgan fingerprint density at radius 1 is 0.925 bits per heavy atom. The normalized spacial score (nSPS) is 15.0. The molecule has 0 aliphatic carbocycles. The summed E-state index contributed by atoms with van der Waals surface area (Å²) in [4.78, 5) is 36.4. The predicted octanol–water partition coefficient (Wildman–Crippen LogP) is 7.50. The van der Waals surface area contributed by atoms with Crippen molar-refractivity contribution in [2.45, 2.75) is 50.8 Å². The van der Waals surface area contributed by atoms with E-state index in [1.165, 1.54) is 0 Å². The fourth-order valence-electron chi connectivity index (χ4n) is 7.02. The maximum atomic E-state index is 14.1. The number of hydrogen-bond donors (Lipinski definition) is 1. The number of ether oxygens (including phenoxy) is 4. The number of benzene rings is 4. The van der Waals surface area contributed by atoms with E-state index in [0.717, 1.165) is 52.3 Å². The van der Waals surface area contributed by atoms with Gasteiger partial charge >= 0.3 is 0 Å². The van der Waals surface area contributed by atoms with Gasteiger partial charge in [0.05, 0.1) is 50.4 Å². The van der Waals surface area contributed by atoms with Gasteiger partial charge < -0.3 is 33.6 Å². The van der Waals surface area contributed by atoms with E-state index >= 15 is 0 Å². The number of amides is 2. The summed E-state index contributed by atoms with van der Waals surface area (Å²) in [7, 11) is 5.15. The van der Waals surface area contributed by atoms with Gasteiger partial charge in [-0.25, -0.2) is 0 Å². The van der Waals surface area contributed by atoms with Crippen molar-refractivity contribution in [3.05, 3.63) is 95.1 Å². The smallest absolute Gasteiger partial charge is 0.260 e. The van der Waals surface area contributed by atoms with Crippen LogP contribution in [0.3, 0.4) is 0 Å². The Hall–Kier alpha value is -5.16. The van der Waals surface area contributed by atoms with Crippen molar-refractivity contribution in [3.63, 3.8) is 0 Å². The standard InChI is InChI=1S/C42H48N4O6S/c1-28-20-37(49-5)39(23-33(28)43-25-31-21-30-13-8-10-15-35(30)46(31)27-47)51-18-11-19-52-40-24-36(44(4)26-42(2,3)53)32(22-38(40)50-6)41(48)45-17-16-29-12-7-9-14-34(29)45/h7-10,12-15,20,22-25,27,31,53H,11,16-19,21,26H2,1-6H3/b43-25-. The van der Waals surface area contributed by atoms with E-state index in [4.69, 9.17) is 36.6 Å². The molecule has 2 aliphatic heterocycles. The van der Waals surface area contributed by atoms with Crippen molar-refractivity contribution < 1.29 is 28.5 Å². The molecule has 0 aromatic heterocycles. The van der Waals surface area contributed by atoms with Gasteiger partial charge in [-0.15, -0.1) is 0 Å². The van der Waals surface area contributed by atoms with Crippen molar-refractivity contribution >= 4 is 53.9 Å². The Morgan fingerprint density at radius 2 is 1.57 bits per heavy atom. The molecule has 2 heterocycles. The summed E-state index contributed by atoms with van der Waals surface area (Å²) in [5, 5.41) is 0. The van der Waals surface area contributed by atoms with Gasteiger partial charge in [0.25, 0.3) is 5.91 Å². The second-order valence-electron chi connectivity index (χ2n) is 14.1. The highest BCUT2D eigenvalue weighted by Gasteiger charge is 2.30. The third-order valence-electron chi connectivity index (χ3n) is 9.52. The van der Waals surface area contributed by atoms with Crippen LogP contribution in [-0.2, 0) is 17.6 Å². The monoisotopic (exact) mass is 736 g/mol. The molecule has 0 N–H and O–H groups in total. The first kappa shape index (κ1) is 37.6. The quantitative estimate of drug-likeness (QED) is 0.0585. The lowest BCUT2D eigenvalue weighted by Crippen LogP contribution is -2.35. The third kappa shape index (κ3) is 8.41. The fourth-order valence-corrected chi connectivity index (χ4v) is 7.23. The van der Waals surface area contributed by atoms with E-state index in [-0.39, 0.29) is 16.7 Å². The van der Waals surface area contributed by atoms with E-state index in [1.54, 1.807) is 25.2 Å². The number of methoxy groups -OCH3 is 2. The largest absolute Gasteiger partial charge is 0.493 e. The molecule has 53 heavy (non-hydrogen) atoms. The van der Waals surface area contributed by atoms with Gasteiger partial charge in [0.1, 0.15) is 0 Å². The van der Waals surface area contributed by atoms with Crippen LogP contribution >= 0.6 is 12.6 Å². The van der Waals surface area contributed by atoms with E-state index in [1.807, 2.05) is 104 Å². The number of nitrogens with zero attached hydrogens (tertiary/aromatic N) is 4. The molecule has 0 spiro atoms. The highest BCUT2D eigenvalue weighted by Crippen LogP contribution is 2.39. The molecular formula is C42H48N4O6S. The molecule has 4 aromatic rings. The minimum absolute atomic E-state index is 0.0860. The van der Waals surface area contributed by atoms with Crippen LogP contribution in [0.1, 0.15) is 47.3 Å². The van der Waals surface area contributed by atoms with Gasteiger partial charge in [-0.05, 0) is 68.1 Å². The molecule has 0 bridgehead atoms. The lowest BCUT2D eigenvalue weighted by molar-refractivity contribution is -0.107. The average molecular weight is 737 g/mol. The molecule has 0 saturated carbocycles. The van der Waals surface area contributed by atoms with E-state index in [2.05, 4.69) is 6.07 Å². The molecule has 4 aromatic carbocycles. The van der Waals surface area contributed by atoms with Crippen molar-refractivity contribution in [1.82, 2.24) is 0 Å². The van der Waals surface area contributed by atoms with Crippen molar-refractivity contribution in [2.24, 2.45) is 4.99 Å². The molecule has 278 valence electrons. The van der Waals surface area contributed by atoms with E-state index in [0.29, 0.717) is 67.7 Å². The summed E-state index contributed by atoms with van der Waals surface area (Å²) in [5.41, 5.74) is 7.07. The topological polar surface area (TPSA) is 93.1 Å². The number of carbonyl (C=O) groups is 2. The van der Waals surface area contributed by atoms with E-state index in [9.17, 15) is 9.59 Å². The van der Waals surface area contributed by atoms with Crippen LogP contribution in [0.25, 0.3) is 0 Å². The molecule has 0 radical (unpaired) electrons. The number of anilines is 3. The molecule has 0 fully saturated rings. The number of rotatable bonds is 15. The fraction of sp³-hybridized carbons (Fsp3) is 0.357. The zero-order valence-corrected chi connectivity index (χ0v) is 32.2. The summed E-state index contributed by atoms with van der Waals surface area (Å²) < 4.78 is 23.6. The number of para-hydroxylation sites is 2. The molecule has 6 rings (SSSR count). The maximum Gasteiger partial charge on any atom is 0.260 e. The molecule has 11 heteroatoms. The number of thiol groups is 1. The number of hydrogen-bond acceptors (Lipinski definition) is 9. The van der Waals surface area contributed by atoms with Crippen LogP contribution in [0.15, 0.2) is 77.8 Å². The molecule has 1 unspecified atom stereocenters. The zero-order chi connectivity index (χ0) is 37.7. The maximum absolute atomic E-state index is 14.1. The number of aryl methyl sites for hydroxylation is 1. The molecule has 2 amide bonds. The van der Waals surface area contributed by atoms with Crippen LogP contribution in [0.2, 0.25) is 0 Å². The van der Waals surface area contributed by atoms with Gasteiger partial charge in [-0.3, -0.25) is 14.6 Å². The predicted molar refractivity (Wildman–Crippen MR) is 215 cm³/mol. The van der Waals surface area contributed by atoms with Crippen LogP contribution < -0.4 is 33.6 Å². The number of fused-ring (bicyclic) bond motifs is 2. The van der Waals surface area contributed by atoms with Crippen molar-refractivity contribution in [2.75, 3.05) is 62.3 Å². The Bertz CT molecular complexity index is 1990. The van der Waals surface area contributed by atoms with Crippen molar-refractivity contribution in [1.29, 1.82) is 0 Å². The summed E-state index contributed by atoms with van der Waals surface area (Å²) in [6, 6.07) is 23.2. The van der Waals surface area contributed by atoms with Crippen molar-refractivity contribution in [3.8, 4) is 23.0 Å². The molecule has 2 aliphatic rings. The number of aliphatic imine (C=N–C) groups is 1. The van der Waals surface area contributed by atoms with E-state index < -0.39 is 0 Å². The first-order chi connectivity index (χ1) is 25.5. The summed E-state index contributed by atoms with van der Waals surface area (Å²) in [6.07, 6.45) is 4.77. The second kappa shape index (κ2) is 16.2. The molecule has 1 atom stereocenters. The van der Waals surface area contributed by atoms with Gasteiger partial charge in [-0.2, -0.15) is 12.6 Å². The summed E-state index contributed by atoms with van der Waals surface area (Å²) >= 11 is 4.77. The third-order valence-corrected chi connectivity index (χ3v) is 9.66. The van der Waals surface area contributed by atoms with Gasteiger partial charge in [-0.1, -0.05) is 36.4 Å². The molecular weight excluding hydrogens is 689 g/mol. The Kier molecular flexibility index (Phi) is 11.5. The van der Waals surface area contributed by atoms with Crippen LogP contribution in [0.4, 0.5) is 22.7 Å². The Balaban J connectivity index is 1.14. The molecule has 10 nitrogen and oxygen atoms in total. The van der Waals surface area contributed by atoms with Crippen LogP contribution in [-0.4, -0.2) is 76.9 Å². The lowest BCUT2D eigenvalue weighted by Gasteiger charge is -2.30. The average Bonchev–Trinajstić information content (AvgIpc) is 3.74. The molecule has 0 saturated heterocycles. The highest BCUT2D eigenvalue weighted by atomic mass is 32.1. The SMILES string of the molecule is COc1cc(C)c(/N=C\C2Cc3ccccc3N2C=O)cc1OCCCOc1cc(N(C)CC(C)(C)S)c(C(=O)N2CCc3ccccc32)cc1OC. The first-order valence-corrected chi connectivity index (χ1v) is 18.3. The first-order valence-electron chi connectivity index (χ1n) is 17.9. The van der Waals surface area contributed by atoms with Gasteiger partial charge in [0, 0.05) is 67.4 Å². The Morgan fingerprint density at radius 3 is 2.25 bits per heavy atom. The van der Waals surface area contributed by atoms with Crippen LogP contribution in [0.5, 0.6) is 23.0 Å². The summed E-state index contributed by atoms with van der Waals surface area (Å²) in [5.74, 6) is 2.09. The number of carbonyl (C=O) groups excluding carboxylic acids is 2. The highest BCUT2D eigenvalue weighted by molar-refractivity contribution is 7.81. The van der Waals surface area contributed by atoms with Gasteiger partial charge in [0.15, 0.2) is 23.0 Å². The minimum atomic E-state index is -0.311. The summed E-state index contributed by atoms with van der Waals surface area (Å²) in [6.45, 7) is 7.96.